The average Bonchev–Trinajstić information content (AvgIpc) is 3.34. The number of ether oxygens (including phenoxy) is 1. The van der Waals surface area contributed by atoms with Crippen molar-refractivity contribution in [2.45, 2.75) is 126 Å². The predicted molar refractivity (Wildman–Crippen MR) is 116 cm³/mol. The smallest absolute Gasteiger partial charge is 0.293 e. The Morgan fingerprint density at radius 2 is 1.38 bits per heavy atom. The van der Waals surface area contributed by atoms with Crippen molar-refractivity contribution in [2.24, 2.45) is 17.8 Å². The molecular formula is C24H40BrF3O. The highest BCUT2D eigenvalue weighted by Gasteiger charge is 2.53. The van der Waals surface area contributed by atoms with Crippen molar-refractivity contribution in [1.82, 2.24) is 0 Å². The molecule has 3 aliphatic rings. The van der Waals surface area contributed by atoms with Gasteiger partial charge < -0.3 is 4.74 Å². The van der Waals surface area contributed by atoms with E-state index in [2.05, 4.69) is 15.9 Å². The first-order valence-corrected chi connectivity index (χ1v) is 13.0. The molecule has 3 fully saturated rings. The maximum Gasteiger partial charge on any atom is 0.293 e. The van der Waals surface area contributed by atoms with Gasteiger partial charge >= 0.3 is 0 Å². The van der Waals surface area contributed by atoms with Crippen LogP contribution < -0.4 is 0 Å². The standard InChI is InChI=1S/C24H40BrF3O/c25-23(26,18-21-9-2-1-3-10-21)24(27,28)15-16-29-22-14-13-20(17-22)12-6-11-19-7-4-5-8-19/h19-22H,1-18H2. The molecule has 0 spiro atoms. The molecule has 5 heteroatoms. The van der Waals surface area contributed by atoms with Crippen LogP contribution in [0, 0.1) is 17.8 Å². The second-order valence-corrected chi connectivity index (χ2v) is 11.4. The van der Waals surface area contributed by atoms with Crippen LogP contribution in [0.15, 0.2) is 0 Å². The quantitative estimate of drug-likeness (QED) is 0.269. The van der Waals surface area contributed by atoms with Crippen LogP contribution in [0.5, 0.6) is 0 Å². The van der Waals surface area contributed by atoms with Crippen molar-refractivity contribution >= 4 is 15.9 Å². The predicted octanol–water partition coefficient (Wildman–Crippen LogP) is 8.59. The number of hydrogen-bond donors (Lipinski definition) is 0. The highest BCUT2D eigenvalue weighted by molar-refractivity contribution is 9.10. The molecule has 1 nitrogen and oxygen atoms in total. The highest BCUT2D eigenvalue weighted by Crippen LogP contribution is 2.47. The van der Waals surface area contributed by atoms with E-state index in [1.807, 2.05) is 0 Å². The highest BCUT2D eigenvalue weighted by atomic mass is 79.9. The second kappa shape index (κ2) is 11.2. The number of halogens is 4. The van der Waals surface area contributed by atoms with Crippen LogP contribution in [0.1, 0.15) is 109 Å². The van der Waals surface area contributed by atoms with E-state index in [4.69, 9.17) is 4.74 Å². The summed E-state index contributed by atoms with van der Waals surface area (Å²) in [4.78, 5) is 0. The Hall–Kier alpha value is 0.230. The van der Waals surface area contributed by atoms with Crippen LogP contribution in [0.4, 0.5) is 13.2 Å². The van der Waals surface area contributed by atoms with Gasteiger partial charge in [-0.25, -0.2) is 13.2 Å². The molecule has 0 amide bonds. The molecule has 3 atom stereocenters. The van der Waals surface area contributed by atoms with Gasteiger partial charge in [0.15, 0.2) is 0 Å². The van der Waals surface area contributed by atoms with E-state index in [1.54, 1.807) is 0 Å². The third-order valence-corrected chi connectivity index (χ3v) is 8.67. The Labute approximate surface area is 184 Å². The molecule has 0 heterocycles. The average molecular weight is 481 g/mol. The Morgan fingerprint density at radius 1 is 0.759 bits per heavy atom. The summed E-state index contributed by atoms with van der Waals surface area (Å²) < 4.78 is 47.0. The number of rotatable bonds is 11. The van der Waals surface area contributed by atoms with Crippen molar-refractivity contribution < 1.29 is 17.9 Å². The molecule has 0 aliphatic heterocycles. The van der Waals surface area contributed by atoms with Crippen LogP contribution in [0.25, 0.3) is 0 Å². The van der Waals surface area contributed by atoms with Gasteiger partial charge in [0.25, 0.3) is 5.92 Å². The summed E-state index contributed by atoms with van der Waals surface area (Å²) in [5, 5.41) is 0. The zero-order valence-electron chi connectivity index (χ0n) is 18.0. The van der Waals surface area contributed by atoms with Crippen LogP contribution in [0.2, 0.25) is 0 Å². The normalized spacial score (nSPS) is 29.4. The molecule has 0 aromatic carbocycles. The van der Waals surface area contributed by atoms with Crippen LogP contribution in [0.3, 0.4) is 0 Å². The summed E-state index contributed by atoms with van der Waals surface area (Å²) in [5.41, 5.74) is 0. The van der Waals surface area contributed by atoms with E-state index in [-0.39, 0.29) is 25.0 Å². The fourth-order valence-corrected chi connectivity index (χ4v) is 6.53. The summed E-state index contributed by atoms with van der Waals surface area (Å²) in [7, 11) is 0. The van der Waals surface area contributed by atoms with E-state index < -0.39 is 16.9 Å². The first-order chi connectivity index (χ1) is 13.9. The van der Waals surface area contributed by atoms with Gasteiger partial charge in [0.1, 0.15) is 0 Å². The topological polar surface area (TPSA) is 9.23 Å². The van der Waals surface area contributed by atoms with Crippen LogP contribution in [-0.4, -0.2) is 23.2 Å². The molecule has 0 N–H and O–H groups in total. The minimum Gasteiger partial charge on any atom is -0.378 e. The number of alkyl halides is 4. The van der Waals surface area contributed by atoms with Gasteiger partial charge in [-0.1, -0.05) is 77.0 Å². The van der Waals surface area contributed by atoms with Gasteiger partial charge in [-0.15, -0.1) is 0 Å². The van der Waals surface area contributed by atoms with Crippen molar-refractivity contribution in [1.29, 1.82) is 0 Å². The number of hydrogen-bond acceptors (Lipinski definition) is 1. The van der Waals surface area contributed by atoms with Crippen molar-refractivity contribution in [3.8, 4) is 0 Å². The summed E-state index contributed by atoms with van der Waals surface area (Å²) in [6.45, 7) is -0.0472. The largest absolute Gasteiger partial charge is 0.378 e. The van der Waals surface area contributed by atoms with Gasteiger partial charge in [-0.2, -0.15) is 0 Å². The first-order valence-electron chi connectivity index (χ1n) is 12.2. The van der Waals surface area contributed by atoms with Gasteiger partial charge in [0, 0.05) is 12.8 Å². The lowest BCUT2D eigenvalue weighted by Crippen LogP contribution is -2.41. The molecule has 0 radical (unpaired) electrons. The van der Waals surface area contributed by atoms with Gasteiger partial charge in [-0.05, 0) is 52.9 Å². The minimum atomic E-state index is -3.39. The zero-order chi connectivity index (χ0) is 20.7. The molecule has 0 aromatic heterocycles. The van der Waals surface area contributed by atoms with E-state index in [9.17, 15) is 13.2 Å². The minimum absolute atomic E-state index is 0.0472. The summed E-state index contributed by atoms with van der Waals surface area (Å²) >= 11 is 2.75. The Bertz CT molecular complexity index is 473. The third kappa shape index (κ3) is 7.40. The van der Waals surface area contributed by atoms with E-state index in [0.29, 0.717) is 5.92 Å². The van der Waals surface area contributed by atoms with Gasteiger partial charge in [0.2, 0.25) is 4.58 Å². The molecule has 3 aliphatic carbocycles. The molecular weight excluding hydrogens is 441 g/mol. The summed E-state index contributed by atoms with van der Waals surface area (Å²) in [5.74, 6) is -1.68. The summed E-state index contributed by atoms with van der Waals surface area (Å²) in [6, 6.07) is 0. The first kappa shape index (κ1) is 23.9. The maximum absolute atomic E-state index is 14.8. The lowest BCUT2D eigenvalue weighted by molar-refractivity contribution is -0.118. The van der Waals surface area contributed by atoms with E-state index in [0.717, 1.165) is 57.3 Å². The van der Waals surface area contributed by atoms with Crippen molar-refractivity contribution in [3.05, 3.63) is 0 Å². The van der Waals surface area contributed by atoms with E-state index >= 15 is 0 Å². The lowest BCUT2D eigenvalue weighted by Gasteiger charge is -2.33. The molecule has 0 saturated heterocycles. The molecule has 3 unspecified atom stereocenters. The van der Waals surface area contributed by atoms with Crippen molar-refractivity contribution in [2.75, 3.05) is 6.61 Å². The summed E-state index contributed by atoms with van der Waals surface area (Å²) in [6.07, 6.45) is 17.1. The second-order valence-electron chi connectivity index (χ2n) is 10.1. The fourth-order valence-electron chi connectivity index (χ4n) is 5.88. The molecule has 3 rings (SSSR count). The SMILES string of the molecule is FC(F)(CCOC1CCC(CCCC2CCCC2)C1)C(F)(Br)CC1CCCCC1. The third-order valence-electron chi connectivity index (χ3n) is 7.77. The Morgan fingerprint density at radius 3 is 2.10 bits per heavy atom. The molecule has 29 heavy (non-hydrogen) atoms. The molecule has 0 aromatic rings. The lowest BCUT2D eigenvalue weighted by atomic mass is 9.84. The molecule has 170 valence electrons. The van der Waals surface area contributed by atoms with Gasteiger partial charge in [0.05, 0.1) is 12.7 Å². The van der Waals surface area contributed by atoms with Gasteiger partial charge in [-0.3, -0.25) is 0 Å². The monoisotopic (exact) mass is 480 g/mol. The van der Waals surface area contributed by atoms with Crippen molar-refractivity contribution in [3.63, 3.8) is 0 Å². The van der Waals surface area contributed by atoms with Crippen LogP contribution >= 0.6 is 15.9 Å². The van der Waals surface area contributed by atoms with Crippen LogP contribution in [-0.2, 0) is 4.74 Å². The fraction of sp³-hybridized carbons (Fsp3) is 1.00. The van der Waals surface area contributed by atoms with E-state index in [1.165, 1.54) is 44.9 Å². The Kier molecular flexibility index (Phi) is 9.22. The Balaban J connectivity index is 1.31. The molecule has 3 saturated carbocycles. The maximum atomic E-state index is 14.8. The zero-order valence-corrected chi connectivity index (χ0v) is 19.5. The molecule has 0 bridgehead atoms.